The summed E-state index contributed by atoms with van der Waals surface area (Å²) < 4.78 is 0. The number of hydrogen-bond acceptors (Lipinski definition) is 1. The van der Waals surface area contributed by atoms with E-state index in [0.29, 0.717) is 29.0 Å². The van der Waals surface area contributed by atoms with Crippen molar-refractivity contribution >= 4 is 5.78 Å². The maximum Gasteiger partial charge on any atom is 0.133 e. The molecule has 3 rings (SSSR count). The molecule has 0 spiro atoms. The minimum atomic E-state index is 0.336. The summed E-state index contributed by atoms with van der Waals surface area (Å²) in [5.41, 5.74) is 0.367. The van der Waals surface area contributed by atoms with E-state index in [4.69, 9.17) is 0 Å². The van der Waals surface area contributed by atoms with Crippen LogP contribution in [0.2, 0.25) is 0 Å². The first-order valence-electron chi connectivity index (χ1n) is 6.25. The van der Waals surface area contributed by atoms with Gasteiger partial charge < -0.3 is 0 Å². The summed E-state index contributed by atoms with van der Waals surface area (Å²) in [7, 11) is 0. The third-order valence-corrected chi connectivity index (χ3v) is 5.51. The zero-order chi connectivity index (χ0) is 10.8. The van der Waals surface area contributed by atoms with Crippen LogP contribution in [0.25, 0.3) is 0 Å². The zero-order valence-corrected chi connectivity index (χ0v) is 9.86. The van der Waals surface area contributed by atoms with Crippen LogP contribution in [-0.4, -0.2) is 5.78 Å². The molecule has 3 aliphatic carbocycles. The van der Waals surface area contributed by atoms with Gasteiger partial charge in [0.05, 0.1) is 0 Å². The predicted octanol–water partition coefficient (Wildman–Crippen LogP) is 3.06. The van der Waals surface area contributed by atoms with Crippen molar-refractivity contribution in [3.05, 3.63) is 12.2 Å². The van der Waals surface area contributed by atoms with Crippen LogP contribution < -0.4 is 0 Å². The van der Waals surface area contributed by atoms with Crippen molar-refractivity contribution < 1.29 is 4.79 Å². The fourth-order valence-electron chi connectivity index (χ4n) is 4.71. The summed E-state index contributed by atoms with van der Waals surface area (Å²) in [6, 6.07) is 0. The molecule has 0 aromatic carbocycles. The van der Waals surface area contributed by atoms with Crippen molar-refractivity contribution in [3.8, 4) is 0 Å². The number of carbonyl (C=O) groups is 1. The van der Waals surface area contributed by atoms with Crippen molar-refractivity contribution in [1.82, 2.24) is 0 Å². The molecule has 2 saturated carbocycles. The first kappa shape index (κ1) is 9.62. The fraction of sp³-hybridized carbons (Fsp3) is 0.786. The highest BCUT2D eigenvalue weighted by molar-refractivity contribution is 5.80. The average Bonchev–Trinajstić information content (AvgIpc) is 2.59. The van der Waals surface area contributed by atoms with Gasteiger partial charge in [0.1, 0.15) is 5.78 Å². The zero-order valence-electron chi connectivity index (χ0n) is 9.86. The van der Waals surface area contributed by atoms with Crippen LogP contribution in [0, 0.1) is 35.0 Å². The van der Waals surface area contributed by atoms with Gasteiger partial charge in [-0.2, -0.15) is 0 Å². The van der Waals surface area contributed by atoms with E-state index in [2.05, 4.69) is 26.0 Å². The second-order valence-electron chi connectivity index (χ2n) is 6.13. The maximum atomic E-state index is 11.8. The molecule has 0 amide bonds. The van der Waals surface area contributed by atoms with Gasteiger partial charge in [-0.3, -0.25) is 4.79 Å². The molecule has 0 heterocycles. The Kier molecular flexibility index (Phi) is 1.76. The van der Waals surface area contributed by atoms with Gasteiger partial charge in [0, 0.05) is 5.92 Å². The summed E-state index contributed by atoms with van der Waals surface area (Å²) >= 11 is 0. The van der Waals surface area contributed by atoms with Crippen molar-refractivity contribution in [2.24, 2.45) is 35.0 Å². The highest BCUT2D eigenvalue weighted by Gasteiger charge is 2.62. The third-order valence-electron chi connectivity index (χ3n) is 5.51. The molecule has 0 aromatic heterocycles. The van der Waals surface area contributed by atoms with Crippen LogP contribution in [0.15, 0.2) is 12.2 Å². The summed E-state index contributed by atoms with van der Waals surface area (Å²) in [6.07, 6.45) is 7.33. The van der Waals surface area contributed by atoms with Crippen LogP contribution in [-0.2, 0) is 4.79 Å². The molecule has 0 N–H and O–H groups in total. The van der Waals surface area contributed by atoms with E-state index in [1.54, 1.807) is 6.92 Å². The van der Waals surface area contributed by atoms with Gasteiger partial charge in [0.2, 0.25) is 0 Å². The van der Waals surface area contributed by atoms with Crippen molar-refractivity contribution in [2.45, 2.75) is 33.6 Å². The van der Waals surface area contributed by atoms with Crippen LogP contribution in [0.1, 0.15) is 33.6 Å². The lowest BCUT2D eigenvalue weighted by Crippen LogP contribution is -2.35. The number of ketones is 1. The predicted molar refractivity (Wildman–Crippen MR) is 60.3 cm³/mol. The first-order valence-corrected chi connectivity index (χ1v) is 6.25. The minimum absolute atomic E-state index is 0.336. The molecule has 0 bridgehead atoms. The number of allylic oxidation sites excluding steroid dienone is 2. The molecule has 3 aliphatic rings. The Bertz CT molecular complexity index is 343. The lowest BCUT2D eigenvalue weighted by molar-refractivity contribution is -0.123. The highest BCUT2D eigenvalue weighted by atomic mass is 16.1. The Balaban J connectivity index is 2.03. The summed E-state index contributed by atoms with van der Waals surface area (Å²) in [5.74, 6) is 3.55. The highest BCUT2D eigenvalue weighted by Crippen LogP contribution is 2.66. The lowest BCUT2D eigenvalue weighted by Gasteiger charge is -2.40. The Labute approximate surface area is 91.9 Å². The first-order chi connectivity index (χ1) is 7.05. The van der Waals surface area contributed by atoms with Crippen LogP contribution in [0.3, 0.4) is 0 Å². The Hall–Kier alpha value is -0.590. The molecule has 0 saturated heterocycles. The Morgan fingerprint density at radius 3 is 2.67 bits per heavy atom. The van der Waals surface area contributed by atoms with Crippen LogP contribution in [0.5, 0.6) is 0 Å². The van der Waals surface area contributed by atoms with Gasteiger partial charge in [-0.25, -0.2) is 0 Å². The second-order valence-corrected chi connectivity index (χ2v) is 6.13. The van der Waals surface area contributed by atoms with E-state index < -0.39 is 0 Å². The molecule has 0 aliphatic heterocycles. The Morgan fingerprint density at radius 1 is 1.40 bits per heavy atom. The van der Waals surface area contributed by atoms with E-state index >= 15 is 0 Å². The number of Topliss-reactive ketones (excluding diaryl/α,β-unsaturated/α-hetero) is 1. The van der Waals surface area contributed by atoms with Gasteiger partial charge in [-0.1, -0.05) is 32.4 Å². The van der Waals surface area contributed by atoms with E-state index in [1.807, 2.05) is 0 Å². The number of rotatable bonds is 1. The van der Waals surface area contributed by atoms with E-state index in [0.717, 1.165) is 11.8 Å². The third kappa shape index (κ3) is 0.971. The Morgan fingerprint density at radius 2 is 2.13 bits per heavy atom. The molecule has 0 aromatic rings. The number of carbonyl (C=O) groups excluding carboxylic acids is 1. The monoisotopic (exact) mass is 204 g/mol. The smallest absolute Gasteiger partial charge is 0.133 e. The molecule has 15 heavy (non-hydrogen) atoms. The molecule has 1 heteroatoms. The second kappa shape index (κ2) is 2.75. The summed E-state index contributed by atoms with van der Waals surface area (Å²) in [6.45, 7) is 6.51. The van der Waals surface area contributed by atoms with Crippen molar-refractivity contribution in [3.63, 3.8) is 0 Å². The molecular formula is C14H20O. The van der Waals surface area contributed by atoms with Gasteiger partial charge in [-0.05, 0) is 42.4 Å². The average molecular weight is 204 g/mol. The van der Waals surface area contributed by atoms with Gasteiger partial charge >= 0.3 is 0 Å². The van der Waals surface area contributed by atoms with Gasteiger partial charge in [0.15, 0.2) is 0 Å². The fourth-order valence-corrected chi connectivity index (χ4v) is 4.71. The normalized spacial score (nSPS) is 56.1. The van der Waals surface area contributed by atoms with E-state index in [1.165, 1.54) is 12.8 Å². The molecule has 82 valence electrons. The largest absolute Gasteiger partial charge is 0.300 e. The van der Waals surface area contributed by atoms with E-state index in [9.17, 15) is 4.79 Å². The molecule has 1 nitrogen and oxygen atoms in total. The van der Waals surface area contributed by atoms with Crippen LogP contribution in [0.4, 0.5) is 0 Å². The number of hydrogen-bond donors (Lipinski definition) is 0. The topological polar surface area (TPSA) is 17.1 Å². The SMILES string of the molecule is CC(=O)[C@@H]1[C@@H]2[C@@H](CC[C@@H]2C)[C@]2(C)C=C[C@H]12. The molecule has 2 fully saturated rings. The molecule has 0 radical (unpaired) electrons. The molecule has 6 atom stereocenters. The molecule has 0 unspecified atom stereocenters. The van der Waals surface area contributed by atoms with Crippen LogP contribution >= 0.6 is 0 Å². The molecular weight excluding hydrogens is 184 g/mol. The van der Waals surface area contributed by atoms with Crippen molar-refractivity contribution in [1.29, 1.82) is 0 Å². The van der Waals surface area contributed by atoms with Crippen molar-refractivity contribution in [2.75, 3.05) is 0 Å². The maximum absolute atomic E-state index is 11.8. The number of fused-ring (bicyclic) bond motifs is 3. The standard InChI is InChI=1S/C14H20O/c1-8-4-5-10-12(8)13(9(2)15)11-6-7-14(10,11)3/h6-8,10-13H,4-5H2,1-3H3/t8-,10+,11+,12-,13-,14-/m0/s1. The van der Waals surface area contributed by atoms with Gasteiger partial charge in [-0.15, -0.1) is 0 Å². The summed E-state index contributed by atoms with van der Waals surface area (Å²) in [4.78, 5) is 11.8. The van der Waals surface area contributed by atoms with E-state index in [-0.39, 0.29) is 0 Å². The lowest BCUT2D eigenvalue weighted by atomic mass is 9.64. The van der Waals surface area contributed by atoms with Gasteiger partial charge in [0.25, 0.3) is 0 Å². The quantitative estimate of drug-likeness (QED) is 0.600. The minimum Gasteiger partial charge on any atom is -0.300 e. The summed E-state index contributed by atoms with van der Waals surface area (Å²) in [5, 5.41) is 0.